The highest BCUT2D eigenvalue weighted by atomic mass is 16.5. The second-order valence-corrected chi connectivity index (χ2v) is 4.95. The fourth-order valence-corrected chi connectivity index (χ4v) is 2.04. The van der Waals surface area contributed by atoms with Gasteiger partial charge in [-0.25, -0.2) is 14.8 Å². The van der Waals surface area contributed by atoms with E-state index >= 15 is 0 Å². The largest absolute Gasteiger partial charge is 0.477 e. The zero-order valence-electron chi connectivity index (χ0n) is 12.0. The molecule has 1 aliphatic rings. The summed E-state index contributed by atoms with van der Waals surface area (Å²) in [5.41, 5.74) is 0. The number of carbonyl (C=O) groups excluding carboxylic acids is 1. The molecule has 20 heavy (non-hydrogen) atoms. The third-order valence-electron chi connectivity index (χ3n) is 2.95. The Hall–Kier alpha value is -2.05. The molecule has 0 spiro atoms. The lowest BCUT2D eigenvalue weighted by molar-refractivity contribution is 0.176. The van der Waals surface area contributed by atoms with Crippen LogP contribution in [0.4, 0.5) is 4.79 Å². The highest BCUT2D eigenvalue weighted by Crippen LogP contribution is 2.23. The van der Waals surface area contributed by atoms with Crippen LogP contribution in [0.25, 0.3) is 0 Å². The van der Waals surface area contributed by atoms with Crippen LogP contribution in [0, 0.1) is 0 Å². The number of amides is 2. The van der Waals surface area contributed by atoms with E-state index in [0.717, 1.165) is 6.42 Å². The molecule has 2 amide bonds. The third-order valence-corrected chi connectivity index (χ3v) is 2.95. The first-order chi connectivity index (χ1) is 9.60. The van der Waals surface area contributed by atoms with Crippen molar-refractivity contribution in [1.29, 1.82) is 0 Å². The normalized spacial score (nSPS) is 18.2. The smallest absolute Gasteiger partial charge is 0.317 e. The zero-order valence-corrected chi connectivity index (χ0v) is 12.0. The van der Waals surface area contributed by atoms with Crippen LogP contribution in [-0.2, 0) is 0 Å². The molecule has 1 aromatic rings. The fraction of sp³-hybridized carbons (Fsp3) is 0.615. The number of urea groups is 1. The molecule has 1 atom stereocenters. The number of carbonyl (C=O) groups is 1. The quantitative estimate of drug-likeness (QED) is 0.892. The minimum Gasteiger partial charge on any atom is -0.477 e. The highest BCUT2D eigenvalue weighted by molar-refractivity contribution is 5.74. The average Bonchev–Trinajstić information content (AvgIpc) is 2.87. The molecule has 7 heteroatoms. The summed E-state index contributed by atoms with van der Waals surface area (Å²) in [5.74, 6) is 0.726. The predicted octanol–water partition coefficient (Wildman–Crippen LogP) is 1.06. The lowest BCUT2D eigenvalue weighted by Gasteiger charge is -2.19. The van der Waals surface area contributed by atoms with E-state index in [1.807, 2.05) is 13.8 Å². The van der Waals surface area contributed by atoms with Gasteiger partial charge in [0, 0.05) is 31.4 Å². The van der Waals surface area contributed by atoms with Crippen molar-refractivity contribution in [1.82, 2.24) is 20.2 Å². The molecule has 2 rings (SSSR count). The van der Waals surface area contributed by atoms with Gasteiger partial charge in [-0.15, -0.1) is 0 Å². The number of aromatic nitrogens is 2. The van der Waals surface area contributed by atoms with Crippen LogP contribution in [0.3, 0.4) is 0 Å². The van der Waals surface area contributed by atoms with Gasteiger partial charge in [0.05, 0.1) is 13.7 Å². The maximum Gasteiger partial charge on any atom is 0.317 e. The summed E-state index contributed by atoms with van der Waals surface area (Å²) in [4.78, 5) is 21.8. The first-order valence-corrected chi connectivity index (χ1v) is 6.67. The molecule has 0 bridgehead atoms. The van der Waals surface area contributed by atoms with E-state index in [1.165, 1.54) is 7.11 Å². The van der Waals surface area contributed by atoms with Gasteiger partial charge in [0.15, 0.2) is 0 Å². The number of nitrogens with zero attached hydrogens (tertiary/aromatic N) is 3. The Balaban J connectivity index is 1.91. The Morgan fingerprint density at radius 2 is 2.10 bits per heavy atom. The zero-order chi connectivity index (χ0) is 14.5. The topological polar surface area (TPSA) is 76.6 Å². The van der Waals surface area contributed by atoms with E-state index in [0.29, 0.717) is 24.8 Å². The maximum atomic E-state index is 11.9. The average molecular weight is 280 g/mol. The molecule has 1 aromatic heterocycles. The summed E-state index contributed by atoms with van der Waals surface area (Å²) in [5, 5.41) is 2.87. The molecule has 2 heterocycles. The van der Waals surface area contributed by atoms with Gasteiger partial charge in [0.25, 0.3) is 11.8 Å². The number of likely N-dealkylation sites (tertiary alicyclic amines) is 1. The van der Waals surface area contributed by atoms with Crippen molar-refractivity contribution < 1.29 is 14.3 Å². The number of hydrogen-bond donors (Lipinski definition) is 1. The van der Waals surface area contributed by atoms with Gasteiger partial charge < -0.3 is 19.7 Å². The van der Waals surface area contributed by atoms with Crippen LogP contribution in [0.15, 0.2) is 12.4 Å². The van der Waals surface area contributed by atoms with E-state index in [9.17, 15) is 4.79 Å². The lowest BCUT2D eigenvalue weighted by Crippen LogP contribution is -2.42. The fourth-order valence-electron chi connectivity index (χ4n) is 2.04. The molecule has 1 fully saturated rings. The number of rotatable bonds is 4. The SMILES string of the molecule is COc1nccnc1OC1CCN(C(=O)NC(C)C)C1. The Kier molecular flexibility index (Phi) is 4.60. The molecule has 0 radical (unpaired) electrons. The summed E-state index contributed by atoms with van der Waals surface area (Å²) in [7, 11) is 1.52. The molecular weight excluding hydrogens is 260 g/mol. The van der Waals surface area contributed by atoms with Gasteiger partial charge in [-0.05, 0) is 13.8 Å². The summed E-state index contributed by atoms with van der Waals surface area (Å²) >= 11 is 0. The van der Waals surface area contributed by atoms with Gasteiger partial charge in [-0.3, -0.25) is 0 Å². The van der Waals surface area contributed by atoms with Crippen LogP contribution in [0.1, 0.15) is 20.3 Å². The van der Waals surface area contributed by atoms with Crippen molar-refractivity contribution in [2.75, 3.05) is 20.2 Å². The van der Waals surface area contributed by atoms with Crippen molar-refractivity contribution >= 4 is 6.03 Å². The summed E-state index contributed by atoms with van der Waals surface area (Å²) < 4.78 is 10.9. The van der Waals surface area contributed by atoms with Gasteiger partial charge in [-0.2, -0.15) is 0 Å². The van der Waals surface area contributed by atoms with Gasteiger partial charge >= 0.3 is 6.03 Å². The molecular formula is C13H20N4O3. The lowest BCUT2D eigenvalue weighted by atomic mass is 10.3. The van der Waals surface area contributed by atoms with Crippen molar-refractivity contribution in [3.05, 3.63) is 12.4 Å². The van der Waals surface area contributed by atoms with Crippen molar-refractivity contribution in [2.24, 2.45) is 0 Å². The third kappa shape index (κ3) is 3.49. The highest BCUT2D eigenvalue weighted by Gasteiger charge is 2.28. The van der Waals surface area contributed by atoms with Crippen molar-refractivity contribution in [3.8, 4) is 11.8 Å². The molecule has 1 unspecified atom stereocenters. The van der Waals surface area contributed by atoms with Gasteiger partial charge in [-0.1, -0.05) is 0 Å². The molecule has 0 aromatic carbocycles. The van der Waals surface area contributed by atoms with E-state index in [4.69, 9.17) is 9.47 Å². The second-order valence-electron chi connectivity index (χ2n) is 4.95. The van der Waals surface area contributed by atoms with E-state index in [1.54, 1.807) is 17.3 Å². The molecule has 0 saturated carbocycles. The van der Waals surface area contributed by atoms with E-state index in [2.05, 4.69) is 15.3 Å². The van der Waals surface area contributed by atoms with Crippen LogP contribution in [-0.4, -0.2) is 53.2 Å². The Morgan fingerprint density at radius 3 is 2.75 bits per heavy atom. The first kappa shape index (κ1) is 14.4. The molecule has 1 saturated heterocycles. The van der Waals surface area contributed by atoms with Gasteiger partial charge in [0.2, 0.25) is 0 Å². The molecule has 0 aliphatic carbocycles. The Bertz CT molecular complexity index is 467. The second kappa shape index (κ2) is 6.40. The standard InChI is InChI=1S/C13H20N4O3/c1-9(2)16-13(18)17-7-4-10(8-17)20-12-11(19-3)14-5-6-15-12/h5-6,9-10H,4,7-8H2,1-3H3,(H,16,18). The summed E-state index contributed by atoms with van der Waals surface area (Å²) in [6, 6.07) is 0.0692. The Labute approximate surface area is 118 Å². The number of methoxy groups -OCH3 is 1. The monoisotopic (exact) mass is 280 g/mol. The minimum atomic E-state index is -0.0847. The number of nitrogens with one attached hydrogen (secondary N) is 1. The molecule has 1 aliphatic heterocycles. The summed E-state index contributed by atoms with van der Waals surface area (Å²) in [6.07, 6.45) is 3.78. The van der Waals surface area contributed by atoms with Crippen molar-refractivity contribution in [2.45, 2.75) is 32.4 Å². The van der Waals surface area contributed by atoms with Crippen molar-refractivity contribution in [3.63, 3.8) is 0 Å². The number of hydrogen-bond acceptors (Lipinski definition) is 5. The number of ether oxygens (including phenoxy) is 2. The van der Waals surface area contributed by atoms with Crippen LogP contribution in [0.5, 0.6) is 11.8 Å². The Morgan fingerprint density at radius 1 is 1.40 bits per heavy atom. The van der Waals surface area contributed by atoms with E-state index < -0.39 is 0 Å². The molecule has 1 N–H and O–H groups in total. The first-order valence-electron chi connectivity index (χ1n) is 6.67. The summed E-state index contributed by atoms with van der Waals surface area (Å²) in [6.45, 7) is 5.09. The van der Waals surface area contributed by atoms with Gasteiger partial charge in [0.1, 0.15) is 6.10 Å². The predicted molar refractivity (Wildman–Crippen MR) is 72.9 cm³/mol. The van der Waals surface area contributed by atoms with Crippen LogP contribution in [0.2, 0.25) is 0 Å². The van der Waals surface area contributed by atoms with Crippen LogP contribution >= 0.6 is 0 Å². The van der Waals surface area contributed by atoms with Crippen LogP contribution < -0.4 is 14.8 Å². The maximum absolute atomic E-state index is 11.9. The van der Waals surface area contributed by atoms with E-state index in [-0.39, 0.29) is 18.2 Å². The molecule has 7 nitrogen and oxygen atoms in total. The minimum absolute atomic E-state index is 0.0581. The molecule has 110 valence electrons.